The Morgan fingerprint density at radius 1 is 0.960 bits per heavy atom. The van der Waals surface area contributed by atoms with Crippen LogP contribution in [0.25, 0.3) is 0 Å². The van der Waals surface area contributed by atoms with Gasteiger partial charge in [-0.1, -0.05) is 31.4 Å². The number of hydrogen-bond donors (Lipinski definition) is 1. The Balaban J connectivity index is 1.43. The van der Waals surface area contributed by atoms with Crippen molar-refractivity contribution in [1.29, 1.82) is 0 Å². The SMILES string of the molecule is O=C(Cc1ccc(F)cc1)N1CCN(C(=O)NC2CCCCC2)CC1. The van der Waals surface area contributed by atoms with Gasteiger partial charge in [0.15, 0.2) is 0 Å². The van der Waals surface area contributed by atoms with E-state index in [4.69, 9.17) is 0 Å². The summed E-state index contributed by atoms with van der Waals surface area (Å²) < 4.78 is 12.9. The minimum Gasteiger partial charge on any atom is -0.339 e. The summed E-state index contributed by atoms with van der Waals surface area (Å²) in [5.74, 6) is -0.271. The van der Waals surface area contributed by atoms with Crippen LogP contribution in [-0.4, -0.2) is 54.0 Å². The summed E-state index contributed by atoms with van der Waals surface area (Å²) in [6.45, 7) is 2.23. The van der Waals surface area contributed by atoms with Gasteiger partial charge in [0.25, 0.3) is 0 Å². The van der Waals surface area contributed by atoms with Crippen molar-refractivity contribution in [2.45, 2.75) is 44.6 Å². The molecular weight excluding hydrogens is 321 g/mol. The zero-order chi connectivity index (χ0) is 17.6. The second-order valence-corrected chi connectivity index (χ2v) is 6.96. The van der Waals surface area contributed by atoms with Crippen molar-refractivity contribution in [3.05, 3.63) is 35.6 Å². The summed E-state index contributed by atoms with van der Waals surface area (Å²) in [6, 6.07) is 6.33. The van der Waals surface area contributed by atoms with E-state index in [0.717, 1.165) is 18.4 Å². The van der Waals surface area contributed by atoms with E-state index < -0.39 is 0 Å². The molecule has 1 aliphatic carbocycles. The zero-order valence-electron chi connectivity index (χ0n) is 14.5. The zero-order valence-corrected chi connectivity index (χ0v) is 14.5. The Morgan fingerprint density at radius 2 is 1.56 bits per heavy atom. The number of urea groups is 1. The van der Waals surface area contributed by atoms with Crippen molar-refractivity contribution < 1.29 is 14.0 Å². The first-order valence-electron chi connectivity index (χ1n) is 9.19. The second kappa shape index (κ2) is 8.32. The number of benzene rings is 1. The van der Waals surface area contributed by atoms with Crippen LogP contribution >= 0.6 is 0 Å². The maximum Gasteiger partial charge on any atom is 0.317 e. The van der Waals surface area contributed by atoms with Crippen LogP contribution in [-0.2, 0) is 11.2 Å². The molecule has 1 aromatic rings. The Kier molecular flexibility index (Phi) is 5.89. The van der Waals surface area contributed by atoms with Crippen LogP contribution in [0.1, 0.15) is 37.7 Å². The molecule has 5 nitrogen and oxygen atoms in total. The average Bonchev–Trinajstić information content (AvgIpc) is 2.64. The number of nitrogens with one attached hydrogen (secondary N) is 1. The monoisotopic (exact) mass is 347 g/mol. The molecule has 0 bridgehead atoms. The van der Waals surface area contributed by atoms with Crippen LogP contribution in [0.3, 0.4) is 0 Å². The Bertz CT molecular complexity index is 591. The highest BCUT2D eigenvalue weighted by molar-refractivity contribution is 5.79. The molecular formula is C19H26FN3O2. The van der Waals surface area contributed by atoms with Gasteiger partial charge < -0.3 is 15.1 Å². The maximum atomic E-state index is 12.9. The minimum absolute atomic E-state index is 0.00228. The highest BCUT2D eigenvalue weighted by atomic mass is 19.1. The van der Waals surface area contributed by atoms with Gasteiger partial charge in [-0.25, -0.2) is 9.18 Å². The summed E-state index contributed by atoms with van der Waals surface area (Å²) in [7, 11) is 0. The van der Waals surface area contributed by atoms with E-state index >= 15 is 0 Å². The first kappa shape index (κ1) is 17.7. The third kappa shape index (κ3) is 4.94. The highest BCUT2D eigenvalue weighted by Crippen LogP contribution is 2.18. The van der Waals surface area contributed by atoms with Crippen molar-refractivity contribution in [1.82, 2.24) is 15.1 Å². The lowest BCUT2D eigenvalue weighted by molar-refractivity contribution is -0.131. The van der Waals surface area contributed by atoms with Gasteiger partial charge in [-0.2, -0.15) is 0 Å². The van der Waals surface area contributed by atoms with Gasteiger partial charge in [-0.15, -0.1) is 0 Å². The smallest absolute Gasteiger partial charge is 0.317 e. The molecule has 136 valence electrons. The van der Waals surface area contributed by atoms with E-state index in [1.807, 2.05) is 0 Å². The third-order valence-corrected chi connectivity index (χ3v) is 5.12. The third-order valence-electron chi connectivity index (χ3n) is 5.12. The highest BCUT2D eigenvalue weighted by Gasteiger charge is 2.25. The molecule has 0 atom stereocenters. The van der Waals surface area contributed by atoms with E-state index in [2.05, 4.69) is 5.32 Å². The molecule has 0 unspecified atom stereocenters. The van der Waals surface area contributed by atoms with Gasteiger partial charge in [0.1, 0.15) is 5.82 Å². The predicted octanol–water partition coefficient (Wildman–Crippen LogP) is 2.55. The molecule has 1 aliphatic heterocycles. The standard InChI is InChI=1S/C19H26FN3O2/c20-16-8-6-15(7-9-16)14-18(24)22-10-12-23(13-11-22)19(25)21-17-4-2-1-3-5-17/h6-9,17H,1-5,10-14H2,(H,21,25). The summed E-state index contributed by atoms with van der Waals surface area (Å²) >= 11 is 0. The van der Waals surface area contributed by atoms with Gasteiger partial charge in [0.2, 0.25) is 5.91 Å². The quantitative estimate of drug-likeness (QED) is 0.914. The van der Waals surface area contributed by atoms with E-state index in [9.17, 15) is 14.0 Å². The molecule has 6 heteroatoms. The van der Waals surface area contributed by atoms with Crippen molar-refractivity contribution in [3.63, 3.8) is 0 Å². The summed E-state index contributed by atoms with van der Waals surface area (Å²) in [4.78, 5) is 28.3. The maximum absolute atomic E-state index is 12.9. The fourth-order valence-corrected chi connectivity index (χ4v) is 3.56. The number of piperazine rings is 1. The van der Waals surface area contributed by atoms with Crippen LogP contribution in [0.4, 0.5) is 9.18 Å². The van der Waals surface area contributed by atoms with Gasteiger partial charge in [-0.05, 0) is 30.5 Å². The minimum atomic E-state index is -0.297. The summed E-state index contributed by atoms with van der Waals surface area (Å²) in [5, 5.41) is 3.13. The molecule has 1 saturated heterocycles. The van der Waals surface area contributed by atoms with Crippen molar-refractivity contribution in [3.8, 4) is 0 Å². The van der Waals surface area contributed by atoms with E-state index in [1.165, 1.54) is 31.4 Å². The number of nitrogens with zero attached hydrogens (tertiary/aromatic N) is 2. The van der Waals surface area contributed by atoms with Crippen LogP contribution in [0.2, 0.25) is 0 Å². The van der Waals surface area contributed by atoms with Gasteiger partial charge >= 0.3 is 6.03 Å². The molecule has 0 aromatic heterocycles. The van der Waals surface area contributed by atoms with Gasteiger partial charge in [0, 0.05) is 32.2 Å². The lowest BCUT2D eigenvalue weighted by Gasteiger charge is -2.36. The van der Waals surface area contributed by atoms with Crippen molar-refractivity contribution in [2.24, 2.45) is 0 Å². The molecule has 3 amide bonds. The van der Waals surface area contributed by atoms with Crippen molar-refractivity contribution >= 4 is 11.9 Å². The Morgan fingerprint density at radius 3 is 2.20 bits per heavy atom. The summed E-state index contributed by atoms with van der Waals surface area (Å²) in [5.41, 5.74) is 0.809. The normalized spacial score (nSPS) is 18.9. The van der Waals surface area contributed by atoms with E-state index in [0.29, 0.717) is 32.2 Å². The molecule has 0 spiro atoms. The fourth-order valence-electron chi connectivity index (χ4n) is 3.56. The largest absolute Gasteiger partial charge is 0.339 e. The molecule has 3 rings (SSSR count). The molecule has 2 fully saturated rings. The van der Waals surface area contributed by atoms with Crippen LogP contribution in [0.15, 0.2) is 24.3 Å². The molecule has 25 heavy (non-hydrogen) atoms. The van der Waals surface area contributed by atoms with Crippen LogP contribution in [0, 0.1) is 5.82 Å². The molecule has 1 saturated carbocycles. The number of rotatable bonds is 3. The fraction of sp³-hybridized carbons (Fsp3) is 0.579. The molecule has 1 heterocycles. The summed E-state index contributed by atoms with van der Waals surface area (Å²) in [6.07, 6.45) is 6.06. The predicted molar refractivity (Wildman–Crippen MR) is 93.7 cm³/mol. The number of hydrogen-bond acceptors (Lipinski definition) is 2. The van der Waals surface area contributed by atoms with Gasteiger partial charge in [-0.3, -0.25) is 4.79 Å². The number of amides is 3. The van der Waals surface area contributed by atoms with E-state index in [1.54, 1.807) is 21.9 Å². The lowest BCUT2D eigenvalue weighted by Crippen LogP contribution is -2.54. The van der Waals surface area contributed by atoms with E-state index in [-0.39, 0.29) is 24.2 Å². The topological polar surface area (TPSA) is 52.7 Å². The number of carbonyl (C=O) groups excluding carboxylic acids is 2. The lowest BCUT2D eigenvalue weighted by atomic mass is 9.96. The van der Waals surface area contributed by atoms with Crippen LogP contribution in [0.5, 0.6) is 0 Å². The van der Waals surface area contributed by atoms with Crippen LogP contribution < -0.4 is 5.32 Å². The molecule has 1 N–H and O–H groups in total. The molecule has 0 radical (unpaired) electrons. The average molecular weight is 347 g/mol. The molecule has 1 aromatic carbocycles. The molecule has 2 aliphatic rings. The Hall–Kier alpha value is -2.11. The number of halogens is 1. The first-order chi connectivity index (χ1) is 12.1. The van der Waals surface area contributed by atoms with Crippen molar-refractivity contribution in [2.75, 3.05) is 26.2 Å². The van der Waals surface area contributed by atoms with Gasteiger partial charge in [0.05, 0.1) is 6.42 Å². The first-order valence-corrected chi connectivity index (χ1v) is 9.19. The Labute approximate surface area is 148 Å². The second-order valence-electron chi connectivity index (χ2n) is 6.96. The number of carbonyl (C=O) groups is 2.